The van der Waals surface area contributed by atoms with E-state index in [4.69, 9.17) is 0 Å². The van der Waals surface area contributed by atoms with Crippen LogP contribution in [0.3, 0.4) is 0 Å². The first kappa shape index (κ1) is 14.5. The van der Waals surface area contributed by atoms with E-state index < -0.39 is 0 Å². The SMILES string of the molecule is C[C@H]1CCCN(CCCNC(=O)Cc2cccs2)C1. The van der Waals surface area contributed by atoms with Gasteiger partial charge in [-0.25, -0.2) is 0 Å². The second-order valence-corrected chi connectivity index (χ2v) is 6.54. The topological polar surface area (TPSA) is 32.3 Å². The van der Waals surface area contributed by atoms with Gasteiger partial charge in [0.05, 0.1) is 6.42 Å². The van der Waals surface area contributed by atoms with Crippen LogP contribution in [0.5, 0.6) is 0 Å². The quantitative estimate of drug-likeness (QED) is 0.812. The van der Waals surface area contributed by atoms with Gasteiger partial charge in [-0.2, -0.15) is 0 Å². The Morgan fingerprint density at radius 1 is 1.58 bits per heavy atom. The van der Waals surface area contributed by atoms with E-state index in [2.05, 4.69) is 17.1 Å². The van der Waals surface area contributed by atoms with Gasteiger partial charge >= 0.3 is 0 Å². The van der Waals surface area contributed by atoms with Crippen LogP contribution in [0.15, 0.2) is 17.5 Å². The van der Waals surface area contributed by atoms with Gasteiger partial charge in [-0.15, -0.1) is 11.3 Å². The molecule has 0 unspecified atom stereocenters. The summed E-state index contributed by atoms with van der Waals surface area (Å²) in [6, 6.07) is 4.00. The molecule has 1 aromatic heterocycles. The zero-order chi connectivity index (χ0) is 13.5. The molecule has 2 rings (SSSR count). The molecule has 1 aliphatic rings. The minimum Gasteiger partial charge on any atom is -0.356 e. The van der Waals surface area contributed by atoms with Crippen molar-refractivity contribution >= 4 is 17.2 Å². The molecular formula is C15H24N2OS. The number of carbonyl (C=O) groups excluding carboxylic acids is 1. The Labute approximate surface area is 120 Å². The molecule has 1 aliphatic heterocycles. The highest BCUT2D eigenvalue weighted by Crippen LogP contribution is 2.15. The predicted octanol–water partition coefficient (Wildman–Crippen LogP) is 2.53. The third-order valence-electron chi connectivity index (χ3n) is 3.63. The molecule has 0 saturated carbocycles. The van der Waals surface area contributed by atoms with E-state index >= 15 is 0 Å². The van der Waals surface area contributed by atoms with Gasteiger partial charge in [0, 0.05) is 18.0 Å². The summed E-state index contributed by atoms with van der Waals surface area (Å²) in [7, 11) is 0. The van der Waals surface area contributed by atoms with Crippen molar-refractivity contribution in [3.63, 3.8) is 0 Å². The number of amides is 1. The van der Waals surface area contributed by atoms with Gasteiger partial charge in [-0.05, 0) is 49.7 Å². The Hall–Kier alpha value is -0.870. The largest absolute Gasteiger partial charge is 0.356 e. The Kier molecular flexibility index (Phi) is 5.86. The highest BCUT2D eigenvalue weighted by molar-refractivity contribution is 7.10. The molecular weight excluding hydrogens is 256 g/mol. The Morgan fingerprint density at radius 2 is 2.47 bits per heavy atom. The van der Waals surface area contributed by atoms with Crippen LogP contribution in [-0.4, -0.2) is 37.0 Å². The molecule has 0 aliphatic carbocycles. The second kappa shape index (κ2) is 7.65. The van der Waals surface area contributed by atoms with E-state index in [1.807, 2.05) is 17.5 Å². The van der Waals surface area contributed by atoms with Gasteiger partial charge in [0.25, 0.3) is 0 Å². The van der Waals surface area contributed by atoms with E-state index in [0.29, 0.717) is 6.42 Å². The van der Waals surface area contributed by atoms with Crippen molar-refractivity contribution in [2.45, 2.75) is 32.6 Å². The number of hydrogen-bond donors (Lipinski definition) is 1. The van der Waals surface area contributed by atoms with Crippen LogP contribution in [0.2, 0.25) is 0 Å². The van der Waals surface area contributed by atoms with E-state index in [0.717, 1.165) is 30.3 Å². The number of carbonyl (C=O) groups is 1. The molecule has 1 atom stereocenters. The van der Waals surface area contributed by atoms with Crippen LogP contribution in [0, 0.1) is 5.92 Å². The first-order chi connectivity index (χ1) is 9.24. The molecule has 1 saturated heterocycles. The molecule has 4 heteroatoms. The third-order valence-corrected chi connectivity index (χ3v) is 4.51. The van der Waals surface area contributed by atoms with Gasteiger partial charge in [0.2, 0.25) is 5.91 Å². The lowest BCUT2D eigenvalue weighted by Gasteiger charge is -2.30. The molecule has 0 radical (unpaired) electrons. The maximum absolute atomic E-state index is 11.7. The Balaban J connectivity index is 1.55. The number of rotatable bonds is 6. The number of hydrogen-bond acceptors (Lipinski definition) is 3. The third kappa shape index (κ3) is 5.33. The summed E-state index contributed by atoms with van der Waals surface area (Å²) in [6.07, 6.45) is 4.28. The van der Waals surface area contributed by atoms with Crippen molar-refractivity contribution < 1.29 is 4.79 Å². The highest BCUT2D eigenvalue weighted by Gasteiger charge is 2.15. The van der Waals surface area contributed by atoms with E-state index in [1.54, 1.807) is 11.3 Å². The van der Waals surface area contributed by atoms with Crippen LogP contribution in [0.25, 0.3) is 0 Å². The lowest BCUT2D eigenvalue weighted by atomic mass is 10.0. The van der Waals surface area contributed by atoms with E-state index in [-0.39, 0.29) is 5.91 Å². The lowest BCUT2D eigenvalue weighted by molar-refractivity contribution is -0.120. The summed E-state index contributed by atoms with van der Waals surface area (Å²) in [4.78, 5) is 15.4. The molecule has 3 nitrogen and oxygen atoms in total. The van der Waals surface area contributed by atoms with E-state index in [9.17, 15) is 4.79 Å². The van der Waals surface area contributed by atoms with Crippen LogP contribution < -0.4 is 5.32 Å². The van der Waals surface area contributed by atoms with Crippen molar-refractivity contribution in [3.05, 3.63) is 22.4 Å². The molecule has 1 amide bonds. The maximum Gasteiger partial charge on any atom is 0.225 e. The van der Waals surface area contributed by atoms with Crippen molar-refractivity contribution in [1.29, 1.82) is 0 Å². The normalized spacial score (nSPS) is 20.4. The lowest BCUT2D eigenvalue weighted by Crippen LogP contribution is -2.36. The first-order valence-corrected chi connectivity index (χ1v) is 8.13. The van der Waals surface area contributed by atoms with Gasteiger partial charge in [-0.1, -0.05) is 13.0 Å². The van der Waals surface area contributed by atoms with Crippen LogP contribution in [0.1, 0.15) is 31.1 Å². The molecule has 0 bridgehead atoms. The number of piperidine rings is 1. The summed E-state index contributed by atoms with van der Waals surface area (Å²) in [6.45, 7) is 6.70. The Bertz CT molecular complexity index is 378. The fourth-order valence-electron chi connectivity index (χ4n) is 2.65. The van der Waals surface area contributed by atoms with Gasteiger partial charge in [-0.3, -0.25) is 4.79 Å². The summed E-state index contributed by atoms with van der Waals surface area (Å²) >= 11 is 1.64. The maximum atomic E-state index is 11.7. The van der Waals surface area contributed by atoms with E-state index in [1.165, 1.54) is 25.9 Å². The Morgan fingerprint density at radius 3 is 3.21 bits per heavy atom. The van der Waals surface area contributed by atoms with Crippen LogP contribution in [-0.2, 0) is 11.2 Å². The molecule has 1 aromatic rings. The van der Waals surface area contributed by atoms with Crippen LogP contribution >= 0.6 is 11.3 Å². The minimum atomic E-state index is 0.148. The standard InChI is InChI=1S/C15H24N2OS/c1-13-5-2-8-17(12-13)9-4-7-16-15(18)11-14-6-3-10-19-14/h3,6,10,13H,2,4-5,7-9,11-12H2,1H3,(H,16,18)/t13-/m0/s1. The fraction of sp³-hybridized carbons (Fsp3) is 0.667. The predicted molar refractivity (Wildman–Crippen MR) is 80.5 cm³/mol. The number of thiophene rings is 1. The van der Waals surface area contributed by atoms with Crippen LogP contribution in [0.4, 0.5) is 0 Å². The second-order valence-electron chi connectivity index (χ2n) is 5.51. The summed E-state index contributed by atoms with van der Waals surface area (Å²) in [5.74, 6) is 0.983. The molecule has 1 N–H and O–H groups in total. The zero-order valence-corrected chi connectivity index (χ0v) is 12.5. The monoisotopic (exact) mass is 280 g/mol. The van der Waals surface area contributed by atoms with Gasteiger partial charge in [0.1, 0.15) is 0 Å². The number of nitrogens with one attached hydrogen (secondary N) is 1. The summed E-state index contributed by atoms with van der Waals surface area (Å²) in [5, 5.41) is 5.03. The average Bonchev–Trinajstić information content (AvgIpc) is 2.87. The average molecular weight is 280 g/mol. The first-order valence-electron chi connectivity index (χ1n) is 7.25. The van der Waals surface area contributed by atoms with Crippen molar-refractivity contribution in [1.82, 2.24) is 10.2 Å². The molecule has 2 heterocycles. The zero-order valence-electron chi connectivity index (χ0n) is 11.7. The molecule has 19 heavy (non-hydrogen) atoms. The molecule has 0 spiro atoms. The summed E-state index contributed by atoms with van der Waals surface area (Å²) in [5.41, 5.74) is 0. The van der Waals surface area contributed by atoms with Crippen molar-refractivity contribution in [2.24, 2.45) is 5.92 Å². The van der Waals surface area contributed by atoms with Gasteiger partial charge in [0.15, 0.2) is 0 Å². The fourth-order valence-corrected chi connectivity index (χ4v) is 3.36. The number of nitrogens with zero attached hydrogens (tertiary/aromatic N) is 1. The number of likely N-dealkylation sites (tertiary alicyclic amines) is 1. The smallest absolute Gasteiger partial charge is 0.225 e. The van der Waals surface area contributed by atoms with Crippen molar-refractivity contribution in [2.75, 3.05) is 26.2 Å². The van der Waals surface area contributed by atoms with Crippen molar-refractivity contribution in [3.8, 4) is 0 Å². The highest BCUT2D eigenvalue weighted by atomic mass is 32.1. The minimum absolute atomic E-state index is 0.148. The molecule has 1 fully saturated rings. The molecule has 0 aromatic carbocycles. The molecule has 106 valence electrons. The van der Waals surface area contributed by atoms with Gasteiger partial charge < -0.3 is 10.2 Å². The summed E-state index contributed by atoms with van der Waals surface area (Å²) < 4.78 is 0.